The zero-order valence-electron chi connectivity index (χ0n) is 28.2. The highest BCUT2D eigenvalue weighted by molar-refractivity contribution is 5.27. The zero-order valence-corrected chi connectivity index (χ0v) is 28.2. The van der Waals surface area contributed by atoms with Crippen LogP contribution in [-0.2, 0) is 0 Å². The monoisotopic (exact) mass is 558 g/mol. The molecule has 0 saturated heterocycles. The second-order valence-electron chi connectivity index (χ2n) is 12.0. The molecule has 0 atom stereocenters. The van der Waals surface area contributed by atoms with Crippen molar-refractivity contribution in [2.45, 2.75) is 127 Å². The number of aliphatic hydroxyl groups is 1. The summed E-state index contributed by atoms with van der Waals surface area (Å²) >= 11 is 0. The first-order chi connectivity index (χ1) is 19.5. The third-order valence-electron chi connectivity index (χ3n) is 7.06. The van der Waals surface area contributed by atoms with Crippen LogP contribution in [0.2, 0.25) is 0 Å². The van der Waals surface area contributed by atoms with Crippen LogP contribution in [0.4, 0.5) is 0 Å². The Kier molecular flexibility index (Phi) is 23.5. The molecule has 0 saturated carbocycles. The second kappa shape index (κ2) is 25.1. The predicted molar refractivity (Wildman–Crippen MR) is 187 cm³/mol. The average Bonchev–Trinajstić information content (AvgIpc) is 2.90. The molecule has 0 aromatic rings. The maximum Gasteiger partial charge on any atom is 0.0639 e. The largest absolute Gasteiger partial charge is 0.392 e. The molecule has 0 heterocycles. The van der Waals surface area contributed by atoms with Crippen LogP contribution in [0.1, 0.15) is 127 Å². The summed E-state index contributed by atoms with van der Waals surface area (Å²) < 4.78 is 0. The lowest BCUT2D eigenvalue weighted by Crippen LogP contribution is -1.85. The molecule has 0 radical (unpaired) electrons. The smallest absolute Gasteiger partial charge is 0.0639 e. The number of allylic oxidation sites excluding steroid dienone is 19. The van der Waals surface area contributed by atoms with E-state index in [0.717, 1.165) is 63.4 Å². The quantitative estimate of drug-likeness (QED) is 0.116. The SMILES string of the molecule is CC(C)=CCCC(C)=CCCC(C)=CC=CC(C)=CC=CC=C(C)CCC=C(C)CCC=C(C)CCC=C(C)CO. The predicted octanol–water partition coefficient (Wildman–Crippen LogP) is 12.6. The van der Waals surface area contributed by atoms with Gasteiger partial charge in [-0.25, -0.2) is 0 Å². The number of aliphatic hydroxyl groups excluding tert-OH is 1. The Morgan fingerprint density at radius 1 is 0.415 bits per heavy atom. The van der Waals surface area contributed by atoms with Crippen molar-refractivity contribution >= 4 is 0 Å². The van der Waals surface area contributed by atoms with Crippen LogP contribution in [0.15, 0.2) is 117 Å². The van der Waals surface area contributed by atoms with Crippen molar-refractivity contribution in [3.63, 3.8) is 0 Å². The number of rotatable bonds is 20. The van der Waals surface area contributed by atoms with Crippen molar-refractivity contribution in [2.75, 3.05) is 6.61 Å². The molecule has 1 N–H and O–H groups in total. The first-order valence-electron chi connectivity index (χ1n) is 15.7. The van der Waals surface area contributed by atoms with Crippen molar-refractivity contribution < 1.29 is 5.11 Å². The third kappa shape index (κ3) is 26.0. The van der Waals surface area contributed by atoms with Crippen LogP contribution in [-0.4, -0.2) is 11.7 Å². The third-order valence-corrected chi connectivity index (χ3v) is 7.06. The maximum absolute atomic E-state index is 9.07. The van der Waals surface area contributed by atoms with Gasteiger partial charge in [0.1, 0.15) is 0 Å². The topological polar surface area (TPSA) is 20.2 Å². The zero-order chi connectivity index (χ0) is 30.9. The molecule has 0 aliphatic rings. The summed E-state index contributed by atoms with van der Waals surface area (Å²) in [6.07, 6.45) is 38.0. The normalized spacial score (nSPS) is 15.0. The molecular weight excluding hydrogens is 496 g/mol. The van der Waals surface area contributed by atoms with Gasteiger partial charge >= 0.3 is 0 Å². The van der Waals surface area contributed by atoms with Gasteiger partial charge < -0.3 is 5.11 Å². The molecule has 1 heteroatoms. The summed E-state index contributed by atoms with van der Waals surface area (Å²) in [5.41, 5.74) is 11.0. The fourth-order valence-corrected chi connectivity index (χ4v) is 4.16. The lowest BCUT2D eigenvalue weighted by Gasteiger charge is -2.02. The highest BCUT2D eigenvalue weighted by Crippen LogP contribution is 2.14. The average molecular weight is 559 g/mol. The molecule has 0 unspecified atom stereocenters. The molecule has 41 heavy (non-hydrogen) atoms. The van der Waals surface area contributed by atoms with Crippen LogP contribution in [0.3, 0.4) is 0 Å². The standard InChI is InChI=1S/C40H62O/c1-33(2)18-12-21-36(5)24-15-27-37(6)25-13-22-34(3)19-10-11-20-35(4)23-14-26-38(7)28-16-29-39(8)30-17-31-40(9)32-41/h10-11,13,18-20,22,24-26,29,31,41H,12,14-17,21,23,27-28,30,32H2,1-9H3. The van der Waals surface area contributed by atoms with Gasteiger partial charge in [0.15, 0.2) is 0 Å². The van der Waals surface area contributed by atoms with Gasteiger partial charge in [0.25, 0.3) is 0 Å². The van der Waals surface area contributed by atoms with Crippen molar-refractivity contribution in [3.8, 4) is 0 Å². The highest BCUT2D eigenvalue weighted by atomic mass is 16.3. The maximum atomic E-state index is 9.07. The van der Waals surface area contributed by atoms with Crippen molar-refractivity contribution in [2.24, 2.45) is 0 Å². The molecule has 228 valence electrons. The summed E-state index contributed by atoms with van der Waals surface area (Å²) in [6, 6.07) is 0. The fraction of sp³-hybridized carbons (Fsp3) is 0.500. The van der Waals surface area contributed by atoms with Gasteiger partial charge in [0.2, 0.25) is 0 Å². The lowest BCUT2D eigenvalue weighted by atomic mass is 10.0. The number of hydrogen-bond donors (Lipinski definition) is 1. The molecule has 0 spiro atoms. The summed E-state index contributed by atoms with van der Waals surface area (Å²) in [5, 5.41) is 9.07. The summed E-state index contributed by atoms with van der Waals surface area (Å²) in [7, 11) is 0. The van der Waals surface area contributed by atoms with Crippen LogP contribution >= 0.6 is 0 Å². The summed E-state index contributed by atoms with van der Waals surface area (Å²) in [4.78, 5) is 0. The molecule has 0 rings (SSSR count). The Balaban J connectivity index is 4.39. The molecule has 1 nitrogen and oxygen atoms in total. The van der Waals surface area contributed by atoms with E-state index >= 15 is 0 Å². The van der Waals surface area contributed by atoms with E-state index < -0.39 is 0 Å². The van der Waals surface area contributed by atoms with E-state index in [9.17, 15) is 0 Å². The van der Waals surface area contributed by atoms with E-state index in [1.807, 2.05) is 6.92 Å². The molecule has 0 aromatic carbocycles. The van der Waals surface area contributed by atoms with E-state index in [0.29, 0.717) is 0 Å². The van der Waals surface area contributed by atoms with E-state index in [-0.39, 0.29) is 6.61 Å². The summed E-state index contributed by atoms with van der Waals surface area (Å²) in [5.74, 6) is 0. The molecule has 0 aliphatic heterocycles. The summed E-state index contributed by atoms with van der Waals surface area (Å²) in [6.45, 7) is 19.8. The molecular formula is C40H62O. The van der Waals surface area contributed by atoms with Crippen LogP contribution in [0, 0.1) is 0 Å². The minimum atomic E-state index is 0.167. The Morgan fingerprint density at radius 2 is 0.780 bits per heavy atom. The Labute approximate surface area is 255 Å². The van der Waals surface area contributed by atoms with E-state index in [4.69, 9.17) is 5.11 Å². The van der Waals surface area contributed by atoms with Gasteiger partial charge in [-0.05, 0) is 127 Å². The second-order valence-corrected chi connectivity index (χ2v) is 12.0. The van der Waals surface area contributed by atoms with Gasteiger partial charge in [-0.1, -0.05) is 117 Å². The van der Waals surface area contributed by atoms with Crippen molar-refractivity contribution in [3.05, 3.63) is 117 Å². The Bertz CT molecular complexity index is 1040. The van der Waals surface area contributed by atoms with Crippen LogP contribution in [0.25, 0.3) is 0 Å². The molecule has 0 bridgehead atoms. The minimum absolute atomic E-state index is 0.167. The van der Waals surface area contributed by atoms with Gasteiger partial charge in [-0.15, -0.1) is 0 Å². The molecule has 0 amide bonds. The van der Waals surface area contributed by atoms with E-state index in [1.165, 1.54) is 45.4 Å². The van der Waals surface area contributed by atoms with Gasteiger partial charge in [0.05, 0.1) is 6.61 Å². The van der Waals surface area contributed by atoms with Crippen molar-refractivity contribution in [1.29, 1.82) is 0 Å². The lowest BCUT2D eigenvalue weighted by molar-refractivity contribution is 0.331. The minimum Gasteiger partial charge on any atom is -0.392 e. The number of hydrogen-bond acceptors (Lipinski definition) is 1. The Morgan fingerprint density at radius 3 is 1.22 bits per heavy atom. The van der Waals surface area contributed by atoms with Crippen LogP contribution < -0.4 is 0 Å². The van der Waals surface area contributed by atoms with E-state index in [1.54, 1.807) is 0 Å². The van der Waals surface area contributed by atoms with Crippen molar-refractivity contribution in [1.82, 2.24) is 0 Å². The molecule has 0 aromatic heterocycles. The highest BCUT2D eigenvalue weighted by Gasteiger charge is 1.94. The first kappa shape index (κ1) is 38.4. The Hall–Kier alpha value is -2.64. The van der Waals surface area contributed by atoms with Gasteiger partial charge in [-0.2, -0.15) is 0 Å². The van der Waals surface area contributed by atoms with Gasteiger partial charge in [-0.3, -0.25) is 0 Å². The van der Waals surface area contributed by atoms with E-state index in [2.05, 4.69) is 128 Å². The van der Waals surface area contributed by atoms with Crippen LogP contribution in [0.5, 0.6) is 0 Å². The van der Waals surface area contributed by atoms with Gasteiger partial charge in [0, 0.05) is 0 Å². The first-order valence-corrected chi connectivity index (χ1v) is 15.7. The molecule has 0 fully saturated rings. The fourth-order valence-electron chi connectivity index (χ4n) is 4.16. The molecule has 0 aliphatic carbocycles.